The molecule has 0 aliphatic rings. The lowest BCUT2D eigenvalue weighted by molar-refractivity contribution is 0.0915. The van der Waals surface area contributed by atoms with Crippen molar-refractivity contribution in [2.24, 2.45) is 5.73 Å². The normalized spacial score (nSPS) is 10.6. The van der Waals surface area contributed by atoms with Gasteiger partial charge in [0.1, 0.15) is 0 Å². The van der Waals surface area contributed by atoms with E-state index in [1.54, 1.807) is 12.1 Å². The van der Waals surface area contributed by atoms with Gasteiger partial charge in [-0.05, 0) is 48.8 Å². The molecule has 1 rings (SSSR count). The van der Waals surface area contributed by atoms with Gasteiger partial charge in [-0.15, -0.1) is 12.4 Å². The minimum Gasteiger partial charge on any atom is -0.493 e. The Balaban J connectivity index is 0.00000400. The highest BCUT2D eigenvalue weighted by molar-refractivity contribution is 9.10. The second-order valence-electron chi connectivity index (χ2n) is 4.96. The van der Waals surface area contributed by atoms with Crippen LogP contribution in [0.15, 0.2) is 16.6 Å². The molecule has 7 heteroatoms. The van der Waals surface area contributed by atoms with Crippen molar-refractivity contribution in [2.75, 3.05) is 20.3 Å². The maximum atomic E-state index is 12.2. The van der Waals surface area contributed by atoms with Crippen LogP contribution in [-0.2, 0) is 0 Å². The van der Waals surface area contributed by atoms with Crippen molar-refractivity contribution >= 4 is 34.2 Å². The van der Waals surface area contributed by atoms with Gasteiger partial charge in [0.05, 0.1) is 18.2 Å². The number of benzene rings is 1. The van der Waals surface area contributed by atoms with Gasteiger partial charge >= 0.3 is 0 Å². The van der Waals surface area contributed by atoms with E-state index >= 15 is 0 Å². The molecule has 120 valence electrons. The van der Waals surface area contributed by atoms with Gasteiger partial charge in [-0.25, -0.2) is 0 Å². The van der Waals surface area contributed by atoms with Gasteiger partial charge < -0.3 is 20.5 Å². The number of halogens is 2. The second kappa shape index (κ2) is 8.46. The van der Waals surface area contributed by atoms with Crippen LogP contribution >= 0.6 is 28.3 Å². The third kappa shape index (κ3) is 5.37. The van der Waals surface area contributed by atoms with Crippen LogP contribution in [0.1, 0.15) is 31.1 Å². The summed E-state index contributed by atoms with van der Waals surface area (Å²) >= 11 is 3.40. The number of nitrogens with one attached hydrogen (secondary N) is 1. The SMILES string of the molecule is CCOc1c(Br)cc(C(=O)NC(C)(C)CN)cc1OC.Cl. The maximum Gasteiger partial charge on any atom is 0.251 e. The number of carbonyl (C=O) groups excluding carboxylic acids is 1. The lowest BCUT2D eigenvalue weighted by atomic mass is 10.1. The number of methoxy groups -OCH3 is 1. The number of hydrogen-bond acceptors (Lipinski definition) is 4. The van der Waals surface area contributed by atoms with Gasteiger partial charge in [-0.3, -0.25) is 4.79 Å². The van der Waals surface area contributed by atoms with Crippen LogP contribution in [0.25, 0.3) is 0 Å². The van der Waals surface area contributed by atoms with Crippen molar-refractivity contribution in [3.63, 3.8) is 0 Å². The summed E-state index contributed by atoms with van der Waals surface area (Å²) in [6.07, 6.45) is 0. The monoisotopic (exact) mass is 380 g/mol. The first-order valence-corrected chi connectivity index (χ1v) is 7.16. The van der Waals surface area contributed by atoms with E-state index in [4.69, 9.17) is 15.2 Å². The van der Waals surface area contributed by atoms with Crippen LogP contribution in [-0.4, -0.2) is 31.7 Å². The van der Waals surface area contributed by atoms with E-state index in [0.717, 1.165) is 0 Å². The highest BCUT2D eigenvalue weighted by atomic mass is 79.9. The van der Waals surface area contributed by atoms with E-state index < -0.39 is 5.54 Å². The minimum absolute atomic E-state index is 0. The lowest BCUT2D eigenvalue weighted by Gasteiger charge is -2.24. The minimum atomic E-state index is -0.463. The molecule has 0 heterocycles. The average Bonchev–Trinajstić information content (AvgIpc) is 2.40. The molecule has 5 nitrogen and oxygen atoms in total. The molecule has 0 bridgehead atoms. The van der Waals surface area contributed by atoms with Crippen molar-refractivity contribution in [3.8, 4) is 11.5 Å². The first-order valence-electron chi connectivity index (χ1n) is 6.37. The molecule has 0 aromatic heterocycles. The summed E-state index contributed by atoms with van der Waals surface area (Å²) in [5.41, 5.74) is 5.64. The maximum absolute atomic E-state index is 12.2. The third-order valence-corrected chi connectivity index (χ3v) is 3.33. The Morgan fingerprint density at radius 3 is 2.52 bits per heavy atom. The molecule has 1 aromatic carbocycles. The standard InChI is InChI=1S/C14H21BrN2O3.ClH/c1-5-20-12-10(15)6-9(7-11(12)19-4)13(18)17-14(2,3)8-16;/h6-7H,5,8,16H2,1-4H3,(H,17,18);1H. The quantitative estimate of drug-likeness (QED) is 0.794. The second-order valence-corrected chi connectivity index (χ2v) is 5.82. The molecule has 0 saturated carbocycles. The van der Waals surface area contributed by atoms with Crippen LogP contribution in [0, 0.1) is 0 Å². The zero-order valence-electron chi connectivity index (χ0n) is 12.7. The predicted molar refractivity (Wildman–Crippen MR) is 89.7 cm³/mol. The molecule has 0 fully saturated rings. The van der Waals surface area contributed by atoms with Gasteiger partial charge in [0, 0.05) is 17.6 Å². The van der Waals surface area contributed by atoms with Crippen molar-refractivity contribution < 1.29 is 14.3 Å². The number of amides is 1. The summed E-state index contributed by atoms with van der Waals surface area (Å²) in [4.78, 5) is 12.2. The smallest absolute Gasteiger partial charge is 0.251 e. The highest BCUT2D eigenvalue weighted by Gasteiger charge is 2.21. The summed E-state index contributed by atoms with van der Waals surface area (Å²) in [5.74, 6) is 0.893. The van der Waals surface area contributed by atoms with Crippen LogP contribution in [0.5, 0.6) is 11.5 Å². The summed E-state index contributed by atoms with van der Waals surface area (Å²) < 4.78 is 11.4. The van der Waals surface area contributed by atoms with Crippen molar-refractivity contribution in [2.45, 2.75) is 26.3 Å². The number of ether oxygens (including phenoxy) is 2. The van der Waals surface area contributed by atoms with E-state index in [2.05, 4.69) is 21.2 Å². The van der Waals surface area contributed by atoms with Gasteiger partial charge in [0.25, 0.3) is 5.91 Å². The van der Waals surface area contributed by atoms with Crippen molar-refractivity contribution in [3.05, 3.63) is 22.2 Å². The van der Waals surface area contributed by atoms with Crippen LogP contribution in [0.4, 0.5) is 0 Å². The van der Waals surface area contributed by atoms with E-state index in [0.29, 0.717) is 34.7 Å². The Bertz CT molecular complexity index is 495. The van der Waals surface area contributed by atoms with E-state index in [1.807, 2.05) is 20.8 Å². The number of carbonyl (C=O) groups is 1. The highest BCUT2D eigenvalue weighted by Crippen LogP contribution is 2.36. The summed E-state index contributed by atoms with van der Waals surface area (Å²) in [5, 5.41) is 2.87. The van der Waals surface area contributed by atoms with Crippen LogP contribution < -0.4 is 20.5 Å². The molecule has 0 unspecified atom stereocenters. The van der Waals surface area contributed by atoms with Crippen LogP contribution in [0.2, 0.25) is 0 Å². The largest absolute Gasteiger partial charge is 0.493 e. The molecule has 21 heavy (non-hydrogen) atoms. The molecular formula is C14H22BrClN2O3. The zero-order chi connectivity index (χ0) is 15.3. The van der Waals surface area contributed by atoms with Crippen molar-refractivity contribution in [1.82, 2.24) is 5.32 Å². The predicted octanol–water partition coefficient (Wildman–Crippen LogP) is 2.75. The van der Waals surface area contributed by atoms with Crippen molar-refractivity contribution in [1.29, 1.82) is 0 Å². The van der Waals surface area contributed by atoms with Gasteiger partial charge in [0.15, 0.2) is 11.5 Å². The molecule has 1 amide bonds. The topological polar surface area (TPSA) is 73.6 Å². The Hall–Kier alpha value is -0.980. The Morgan fingerprint density at radius 2 is 2.05 bits per heavy atom. The van der Waals surface area contributed by atoms with Gasteiger partial charge in [-0.1, -0.05) is 0 Å². The fraction of sp³-hybridized carbons (Fsp3) is 0.500. The van der Waals surface area contributed by atoms with Gasteiger partial charge in [-0.2, -0.15) is 0 Å². The van der Waals surface area contributed by atoms with E-state index in [9.17, 15) is 4.79 Å². The molecule has 3 N–H and O–H groups in total. The lowest BCUT2D eigenvalue weighted by Crippen LogP contribution is -2.48. The summed E-state index contributed by atoms with van der Waals surface area (Å²) in [7, 11) is 1.54. The first kappa shape index (κ1) is 20.0. The Morgan fingerprint density at radius 1 is 1.43 bits per heavy atom. The Labute approximate surface area is 140 Å². The first-order chi connectivity index (χ1) is 9.34. The van der Waals surface area contributed by atoms with Gasteiger partial charge in [0.2, 0.25) is 0 Å². The number of hydrogen-bond donors (Lipinski definition) is 2. The fourth-order valence-corrected chi connectivity index (χ4v) is 2.12. The third-order valence-electron chi connectivity index (χ3n) is 2.74. The molecular weight excluding hydrogens is 360 g/mol. The Kier molecular flexibility index (Phi) is 8.06. The number of nitrogens with two attached hydrogens (primary N) is 1. The molecule has 0 spiro atoms. The fourth-order valence-electron chi connectivity index (χ4n) is 1.57. The summed E-state index contributed by atoms with van der Waals surface area (Å²) in [6.45, 7) is 6.49. The van der Waals surface area contributed by atoms with Crippen LogP contribution in [0.3, 0.4) is 0 Å². The molecule has 0 atom stereocenters. The molecule has 1 aromatic rings. The molecule has 0 aliphatic heterocycles. The molecule has 0 saturated heterocycles. The van der Waals surface area contributed by atoms with E-state index in [1.165, 1.54) is 7.11 Å². The zero-order valence-corrected chi connectivity index (χ0v) is 15.1. The molecule has 0 aliphatic carbocycles. The average molecular weight is 382 g/mol. The number of rotatable bonds is 6. The van der Waals surface area contributed by atoms with E-state index in [-0.39, 0.29) is 18.3 Å². The summed E-state index contributed by atoms with van der Waals surface area (Å²) in [6, 6.07) is 3.35. The molecule has 0 radical (unpaired) electrons.